The van der Waals surface area contributed by atoms with Crippen LogP contribution in [0, 0.1) is 0 Å². The molecule has 0 radical (unpaired) electrons. The van der Waals surface area contributed by atoms with Crippen molar-refractivity contribution in [2.24, 2.45) is 0 Å². The molecular formula is C13H19NOS. The topological polar surface area (TPSA) is 20.3 Å². The van der Waals surface area contributed by atoms with E-state index in [0.717, 1.165) is 11.3 Å². The SMILES string of the molecule is CSCC(C)N(C)CC(=O)c1ccccc1. The molecule has 16 heavy (non-hydrogen) atoms. The smallest absolute Gasteiger partial charge is 0.176 e. The van der Waals surface area contributed by atoms with E-state index in [1.807, 2.05) is 49.1 Å². The molecule has 0 fully saturated rings. The Kier molecular flexibility index (Phi) is 5.56. The fraction of sp³-hybridized carbons (Fsp3) is 0.462. The zero-order chi connectivity index (χ0) is 12.0. The predicted octanol–water partition coefficient (Wildman–Crippen LogP) is 2.55. The molecule has 0 aliphatic carbocycles. The van der Waals surface area contributed by atoms with E-state index in [0.29, 0.717) is 12.6 Å². The van der Waals surface area contributed by atoms with Crippen molar-refractivity contribution in [1.82, 2.24) is 4.90 Å². The van der Waals surface area contributed by atoms with Crippen LogP contribution in [0.15, 0.2) is 30.3 Å². The summed E-state index contributed by atoms with van der Waals surface area (Å²) in [4.78, 5) is 14.0. The van der Waals surface area contributed by atoms with E-state index in [1.54, 1.807) is 0 Å². The lowest BCUT2D eigenvalue weighted by Gasteiger charge is -2.23. The number of hydrogen-bond acceptors (Lipinski definition) is 3. The maximum Gasteiger partial charge on any atom is 0.176 e. The molecule has 1 aromatic carbocycles. The van der Waals surface area contributed by atoms with Gasteiger partial charge in [-0.2, -0.15) is 11.8 Å². The van der Waals surface area contributed by atoms with Crippen LogP contribution in [0.4, 0.5) is 0 Å². The van der Waals surface area contributed by atoms with E-state index in [9.17, 15) is 4.79 Å². The summed E-state index contributed by atoms with van der Waals surface area (Å²) in [6, 6.07) is 9.90. The van der Waals surface area contributed by atoms with Gasteiger partial charge in [-0.1, -0.05) is 30.3 Å². The zero-order valence-electron chi connectivity index (χ0n) is 10.1. The predicted molar refractivity (Wildman–Crippen MR) is 71.2 cm³/mol. The first-order chi connectivity index (χ1) is 7.65. The van der Waals surface area contributed by atoms with Crippen LogP contribution < -0.4 is 0 Å². The summed E-state index contributed by atoms with van der Waals surface area (Å²) in [6.07, 6.45) is 2.09. The van der Waals surface area contributed by atoms with Gasteiger partial charge in [-0.15, -0.1) is 0 Å². The van der Waals surface area contributed by atoms with Gasteiger partial charge in [0.15, 0.2) is 5.78 Å². The van der Waals surface area contributed by atoms with Crippen LogP contribution in [0.25, 0.3) is 0 Å². The zero-order valence-corrected chi connectivity index (χ0v) is 11.0. The normalized spacial score (nSPS) is 12.8. The summed E-state index contributed by atoms with van der Waals surface area (Å²) >= 11 is 1.81. The van der Waals surface area contributed by atoms with Crippen molar-refractivity contribution in [2.75, 3.05) is 25.6 Å². The number of ketones is 1. The van der Waals surface area contributed by atoms with Crippen LogP contribution in [0.3, 0.4) is 0 Å². The second kappa shape index (κ2) is 6.71. The molecule has 2 nitrogen and oxygen atoms in total. The average Bonchev–Trinajstić information content (AvgIpc) is 2.30. The lowest BCUT2D eigenvalue weighted by atomic mass is 10.1. The standard InChI is InChI=1S/C13H19NOS/c1-11(10-16-3)14(2)9-13(15)12-7-5-4-6-8-12/h4-8,11H,9-10H2,1-3H3. The van der Waals surface area contributed by atoms with Gasteiger partial charge in [0.1, 0.15) is 0 Å². The van der Waals surface area contributed by atoms with Gasteiger partial charge in [0.05, 0.1) is 6.54 Å². The van der Waals surface area contributed by atoms with Crippen LogP contribution in [0.2, 0.25) is 0 Å². The number of rotatable bonds is 6. The molecule has 0 aliphatic rings. The van der Waals surface area contributed by atoms with E-state index in [-0.39, 0.29) is 5.78 Å². The summed E-state index contributed by atoms with van der Waals surface area (Å²) in [7, 11) is 2.00. The van der Waals surface area contributed by atoms with Crippen molar-refractivity contribution in [1.29, 1.82) is 0 Å². The number of carbonyl (C=O) groups excluding carboxylic acids is 1. The average molecular weight is 237 g/mol. The van der Waals surface area contributed by atoms with Crippen LogP contribution >= 0.6 is 11.8 Å². The van der Waals surface area contributed by atoms with Crippen molar-refractivity contribution in [3.8, 4) is 0 Å². The van der Waals surface area contributed by atoms with Crippen LogP contribution in [0.5, 0.6) is 0 Å². The highest BCUT2D eigenvalue weighted by atomic mass is 32.2. The summed E-state index contributed by atoms with van der Waals surface area (Å²) in [5, 5.41) is 0. The monoisotopic (exact) mass is 237 g/mol. The Bertz CT molecular complexity index is 326. The second-order valence-electron chi connectivity index (χ2n) is 4.01. The number of Topliss-reactive ketones (excluding diaryl/α,β-unsaturated/α-hetero) is 1. The number of hydrogen-bond donors (Lipinski definition) is 0. The first-order valence-electron chi connectivity index (χ1n) is 5.42. The van der Waals surface area contributed by atoms with Crippen LogP contribution in [0.1, 0.15) is 17.3 Å². The minimum Gasteiger partial charge on any atom is -0.295 e. The number of carbonyl (C=O) groups is 1. The third-order valence-electron chi connectivity index (χ3n) is 2.65. The molecule has 0 aliphatic heterocycles. The summed E-state index contributed by atoms with van der Waals surface area (Å²) in [6.45, 7) is 2.64. The highest BCUT2D eigenvalue weighted by Gasteiger charge is 2.13. The van der Waals surface area contributed by atoms with E-state index in [1.165, 1.54) is 0 Å². The Morgan fingerprint density at radius 3 is 2.56 bits per heavy atom. The fourth-order valence-electron chi connectivity index (χ4n) is 1.47. The molecule has 1 atom stereocenters. The maximum atomic E-state index is 11.9. The molecule has 1 unspecified atom stereocenters. The van der Waals surface area contributed by atoms with Crippen molar-refractivity contribution in [3.05, 3.63) is 35.9 Å². The third-order valence-corrected chi connectivity index (χ3v) is 3.46. The molecule has 0 amide bonds. The van der Waals surface area contributed by atoms with Crippen molar-refractivity contribution in [3.63, 3.8) is 0 Å². The summed E-state index contributed by atoms with van der Waals surface area (Å²) in [5.41, 5.74) is 0.797. The number of benzene rings is 1. The van der Waals surface area contributed by atoms with Crippen molar-refractivity contribution < 1.29 is 4.79 Å². The van der Waals surface area contributed by atoms with E-state index < -0.39 is 0 Å². The lowest BCUT2D eigenvalue weighted by molar-refractivity contribution is 0.0931. The van der Waals surface area contributed by atoms with E-state index in [2.05, 4.69) is 18.1 Å². The molecule has 3 heteroatoms. The first kappa shape index (κ1) is 13.3. The Morgan fingerprint density at radius 1 is 1.38 bits per heavy atom. The molecule has 88 valence electrons. The Hall–Kier alpha value is -0.800. The van der Waals surface area contributed by atoms with Crippen LogP contribution in [-0.2, 0) is 0 Å². The van der Waals surface area contributed by atoms with Gasteiger partial charge in [-0.05, 0) is 20.2 Å². The molecule has 0 heterocycles. The molecular weight excluding hydrogens is 218 g/mol. The molecule has 0 N–H and O–H groups in total. The van der Waals surface area contributed by atoms with Crippen molar-refractivity contribution >= 4 is 17.5 Å². The van der Waals surface area contributed by atoms with Gasteiger partial charge in [-0.25, -0.2) is 0 Å². The molecule has 0 bridgehead atoms. The van der Waals surface area contributed by atoms with Gasteiger partial charge in [0.25, 0.3) is 0 Å². The minimum absolute atomic E-state index is 0.191. The Balaban J connectivity index is 2.52. The second-order valence-corrected chi connectivity index (χ2v) is 4.92. The van der Waals surface area contributed by atoms with Crippen molar-refractivity contribution in [2.45, 2.75) is 13.0 Å². The first-order valence-corrected chi connectivity index (χ1v) is 6.82. The molecule has 0 saturated heterocycles. The number of nitrogens with zero attached hydrogens (tertiary/aromatic N) is 1. The van der Waals surface area contributed by atoms with Crippen LogP contribution in [-0.4, -0.2) is 42.3 Å². The van der Waals surface area contributed by atoms with E-state index in [4.69, 9.17) is 0 Å². The summed E-state index contributed by atoms with van der Waals surface area (Å²) < 4.78 is 0. The highest BCUT2D eigenvalue weighted by molar-refractivity contribution is 7.98. The number of likely N-dealkylation sites (N-methyl/N-ethyl adjacent to an activating group) is 1. The molecule has 0 spiro atoms. The van der Waals surface area contributed by atoms with Gasteiger partial charge in [0.2, 0.25) is 0 Å². The summed E-state index contributed by atoms with van der Waals surface area (Å²) in [5.74, 6) is 1.24. The maximum absolute atomic E-state index is 11.9. The quantitative estimate of drug-likeness (QED) is 0.709. The molecule has 0 aromatic heterocycles. The number of thioether (sulfide) groups is 1. The van der Waals surface area contributed by atoms with E-state index >= 15 is 0 Å². The Labute approximate surface area is 102 Å². The minimum atomic E-state index is 0.191. The van der Waals surface area contributed by atoms with Gasteiger partial charge in [-0.3, -0.25) is 9.69 Å². The largest absolute Gasteiger partial charge is 0.295 e. The molecule has 1 rings (SSSR count). The highest BCUT2D eigenvalue weighted by Crippen LogP contribution is 2.06. The molecule has 0 saturated carbocycles. The Morgan fingerprint density at radius 2 is 2.00 bits per heavy atom. The molecule has 1 aromatic rings. The van der Waals surface area contributed by atoms with Gasteiger partial charge in [0, 0.05) is 17.4 Å². The lowest BCUT2D eigenvalue weighted by Crippen LogP contribution is -2.35. The third kappa shape index (κ3) is 3.99. The van der Waals surface area contributed by atoms with Gasteiger partial charge < -0.3 is 0 Å². The fourth-order valence-corrected chi connectivity index (χ4v) is 2.20. The van der Waals surface area contributed by atoms with Gasteiger partial charge >= 0.3 is 0 Å².